The van der Waals surface area contributed by atoms with Crippen molar-refractivity contribution in [3.8, 4) is 0 Å². The summed E-state index contributed by atoms with van der Waals surface area (Å²) in [5.74, 6) is -1.22. The molecule has 0 saturated carbocycles. The first kappa shape index (κ1) is 20.2. The van der Waals surface area contributed by atoms with Crippen molar-refractivity contribution in [2.45, 2.75) is 25.6 Å². The lowest BCUT2D eigenvalue weighted by Gasteiger charge is -2.32. The Bertz CT molecular complexity index is 805. The van der Waals surface area contributed by atoms with Crippen LogP contribution in [0.2, 0.25) is 10.0 Å². The Labute approximate surface area is 168 Å². The number of anilines is 1. The predicted octanol–water partition coefficient (Wildman–Crippen LogP) is 5.78. The van der Waals surface area contributed by atoms with Crippen LogP contribution in [0.4, 0.5) is 18.3 Å². The molecular formula is C17H16Cl2F3N3OS. The first-order chi connectivity index (χ1) is 12.8. The summed E-state index contributed by atoms with van der Waals surface area (Å²) in [4.78, 5) is 12.1. The summed E-state index contributed by atoms with van der Waals surface area (Å²) in [7, 11) is 0. The summed E-state index contributed by atoms with van der Waals surface area (Å²) in [6.07, 6.45) is -0.780. The summed E-state index contributed by atoms with van der Waals surface area (Å²) >= 11 is 13.2. The van der Waals surface area contributed by atoms with E-state index in [1.807, 2.05) is 4.90 Å². The van der Waals surface area contributed by atoms with Crippen molar-refractivity contribution in [3.05, 3.63) is 44.9 Å². The van der Waals surface area contributed by atoms with Crippen molar-refractivity contribution in [1.82, 2.24) is 4.98 Å². The minimum atomic E-state index is -4.11. The Morgan fingerprint density at radius 3 is 2.70 bits per heavy atom. The van der Waals surface area contributed by atoms with E-state index in [0.29, 0.717) is 28.3 Å². The molecule has 146 valence electrons. The fourth-order valence-electron chi connectivity index (χ4n) is 2.72. The van der Waals surface area contributed by atoms with Crippen LogP contribution in [0.15, 0.2) is 29.6 Å². The first-order valence-corrected chi connectivity index (χ1v) is 9.77. The molecule has 0 N–H and O–H groups in total. The van der Waals surface area contributed by atoms with E-state index >= 15 is 0 Å². The molecule has 3 rings (SSSR count). The Balaban J connectivity index is 1.50. The Morgan fingerprint density at radius 2 is 2.04 bits per heavy atom. The highest BCUT2D eigenvalue weighted by Gasteiger charge is 2.41. The lowest BCUT2D eigenvalue weighted by atomic mass is 9.97. The Morgan fingerprint density at radius 1 is 1.30 bits per heavy atom. The van der Waals surface area contributed by atoms with Gasteiger partial charge in [-0.1, -0.05) is 45.8 Å². The summed E-state index contributed by atoms with van der Waals surface area (Å²) in [6, 6.07) is 5.10. The maximum atomic E-state index is 12.7. The van der Waals surface area contributed by atoms with E-state index in [1.165, 1.54) is 17.6 Å². The van der Waals surface area contributed by atoms with Gasteiger partial charge in [0.1, 0.15) is 6.61 Å². The van der Waals surface area contributed by atoms with Crippen LogP contribution in [0, 0.1) is 5.92 Å². The molecule has 0 radical (unpaired) electrons. The Hall–Kier alpha value is -1.51. The average Bonchev–Trinajstić information content (AvgIpc) is 3.08. The van der Waals surface area contributed by atoms with Gasteiger partial charge in [-0.25, -0.2) is 4.98 Å². The van der Waals surface area contributed by atoms with Crippen molar-refractivity contribution < 1.29 is 18.0 Å². The van der Waals surface area contributed by atoms with Crippen molar-refractivity contribution in [2.24, 2.45) is 11.1 Å². The molecule has 1 aromatic carbocycles. The van der Waals surface area contributed by atoms with E-state index in [0.717, 1.165) is 10.4 Å². The third kappa shape index (κ3) is 5.49. The number of thiazole rings is 1. The third-order valence-corrected chi connectivity index (χ3v) is 5.81. The lowest BCUT2D eigenvalue weighted by molar-refractivity contribution is -0.179. The number of nitrogens with zero attached hydrogens (tertiary/aromatic N) is 3. The second-order valence-electron chi connectivity index (χ2n) is 6.09. The van der Waals surface area contributed by atoms with Crippen molar-refractivity contribution in [2.75, 3.05) is 18.0 Å². The number of hydrogen-bond acceptors (Lipinski definition) is 5. The summed E-state index contributed by atoms with van der Waals surface area (Å²) in [5, 5.41) is 5.63. The second-order valence-corrected chi connectivity index (χ2v) is 7.98. The second kappa shape index (κ2) is 8.67. The van der Waals surface area contributed by atoms with Crippen molar-refractivity contribution in [1.29, 1.82) is 0 Å². The number of halogens is 5. The fourth-order valence-corrected chi connectivity index (χ4v) is 4.01. The summed E-state index contributed by atoms with van der Waals surface area (Å²) in [5.41, 5.74) is 0.760. The van der Waals surface area contributed by atoms with Gasteiger partial charge in [0.15, 0.2) is 5.13 Å². The zero-order chi connectivity index (χ0) is 19.4. The number of oxime groups is 1. The molecule has 0 atom stereocenters. The van der Waals surface area contributed by atoms with E-state index in [1.54, 1.807) is 24.4 Å². The molecule has 2 heterocycles. The van der Waals surface area contributed by atoms with Crippen molar-refractivity contribution >= 4 is 45.9 Å². The zero-order valence-electron chi connectivity index (χ0n) is 14.0. The van der Waals surface area contributed by atoms with E-state index in [9.17, 15) is 13.2 Å². The monoisotopic (exact) mass is 437 g/mol. The van der Waals surface area contributed by atoms with Crippen LogP contribution in [0.1, 0.15) is 23.3 Å². The van der Waals surface area contributed by atoms with Gasteiger partial charge in [0.2, 0.25) is 0 Å². The van der Waals surface area contributed by atoms with Crippen LogP contribution < -0.4 is 4.90 Å². The summed E-state index contributed by atoms with van der Waals surface area (Å²) < 4.78 is 38.2. The topological polar surface area (TPSA) is 37.7 Å². The number of alkyl halides is 3. The first-order valence-electron chi connectivity index (χ1n) is 8.19. The minimum Gasteiger partial charge on any atom is -0.391 e. The van der Waals surface area contributed by atoms with E-state index in [4.69, 9.17) is 28.0 Å². The average molecular weight is 438 g/mol. The Kier molecular flexibility index (Phi) is 6.49. The van der Waals surface area contributed by atoms with Gasteiger partial charge >= 0.3 is 6.18 Å². The van der Waals surface area contributed by atoms with Gasteiger partial charge in [-0.15, -0.1) is 0 Å². The van der Waals surface area contributed by atoms with Crippen LogP contribution in [0.3, 0.4) is 0 Å². The number of aromatic nitrogens is 1. The fraction of sp³-hybridized carbons (Fsp3) is 0.412. The van der Waals surface area contributed by atoms with Crippen LogP contribution in [-0.4, -0.2) is 30.5 Å². The number of benzene rings is 1. The molecule has 1 aromatic heterocycles. The van der Waals surface area contributed by atoms with Crippen LogP contribution in [-0.2, 0) is 11.4 Å². The molecule has 4 nitrogen and oxygen atoms in total. The quantitative estimate of drug-likeness (QED) is 0.439. The standard InChI is InChI=1S/C17H16Cl2F3N3OS/c18-13-2-1-11(15(19)7-13)10-26-24-9-14-8-23-16(27-14)25-5-3-12(4-6-25)17(20,21)22/h1-2,7-9,12H,3-6,10H2. The van der Waals surface area contributed by atoms with Gasteiger partial charge in [0, 0.05) is 34.9 Å². The molecule has 10 heteroatoms. The van der Waals surface area contributed by atoms with Gasteiger partial charge in [-0.2, -0.15) is 13.2 Å². The number of piperidine rings is 1. The summed E-state index contributed by atoms with van der Waals surface area (Å²) in [6.45, 7) is 0.892. The van der Waals surface area contributed by atoms with Gasteiger partial charge in [-0.3, -0.25) is 0 Å². The smallest absolute Gasteiger partial charge is 0.391 e. The normalized spacial score (nSPS) is 16.3. The molecule has 1 aliphatic rings. The van der Waals surface area contributed by atoms with Gasteiger partial charge in [-0.05, 0) is 25.0 Å². The number of hydrogen-bond donors (Lipinski definition) is 0. The highest BCUT2D eigenvalue weighted by atomic mass is 35.5. The molecule has 1 saturated heterocycles. The largest absolute Gasteiger partial charge is 0.391 e. The molecule has 27 heavy (non-hydrogen) atoms. The van der Waals surface area contributed by atoms with Crippen LogP contribution >= 0.6 is 34.5 Å². The third-order valence-electron chi connectivity index (χ3n) is 4.23. The molecule has 2 aromatic rings. The van der Waals surface area contributed by atoms with Crippen LogP contribution in [0.5, 0.6) is 0 Å². The zero-order valence-corrected chi connectivity index (χ0v) is 16.4. The van der Waals surface area contributed by atoms with E-state index < -0.39 is 12.1 Å². The van der Waals surface area contributed by atoms with Gasteiger partial charge < -0.3 is 9.74 Å². The van der Waals surface area contributed by atoms with Gasteiger partial charge in [0.25, 0.3) is 0 Å². The molecule has 0 unspecified atom stereocenters. The van der Waals surface area contributed by atoms with Crippen molar-refractivity contribution in [3.63, 3.8) is 0 Å². The maximum absolute atomic E-state index is 12.7. The predicted molar refractivity (Wildman–Crippen MR) is 102 cm³/mol. The van der Waals surface area contributed by atoms with E-state index in [2.05, 4.69) is 10.1 Å². The molecular weight excluding hydrogens is 422 g/mol. The molecule has 0 bridgehead atoms. The molecule has 0 aliphatic carbocycles. The van der Waals surface area contributed by atoms with Crippen LogP contribution in [0.25, 0.3) is 0 Å². The SMILES string of the molecule is FC(F)(F)C1CCN(c2ncc(C=NOCc3ccc(Cl)cc3Cl)s2)CC1. The van der Waals surface area contributed by atoms with E-state index in [-0.39, 0.29) is 19.4 Å². The highest BCUT2D eigenvalue weighted by Crippen LogP contribution is 2.36. The molecule has 0 spiro atoms. The molecule has 0 amide bonds. The molecule has 1 fully saturated rings. The lowest BCUT2D eigenvalue weighted by Crippen LogP contribution is -2.38. The highest BCUT2D eigenvalue weighted by molar-refractivity contribution is 7.17. The maximum Gasteiger partial charge on any atom is 0.391 e. The van der Waals surface area contributed by atoms with Gasteiger partial charge in [0.05, 0.1) is 17.0 Å². The number of rotatable bonds is 5. The molecule has 1 aliphatic heterocycles. The minimum absolute atomic E-state index is 0.0947.